The van der Waals surface area contributed by atoms with Crippen LogP contribution in [0.2, 0.25) is 5.02 Å². The van der Waals surface area contributed by atoms with Crippen molar-refractivity contribution in [3.05, 3.63) is 47.5 Å². The maximum Gasteiger partial charge on any atom is 0.303 e. The number of esters is 1. The molecule has 1 atom stereocenters. The topological polar surface area (TPSA) is 118 Å². The molecule has 1 aromatic carbocycles. The molecule has 11 heteroatoms. The number of piperidine rings is 1. The van der Waals surface area contributed by atoms with Crippen LogP contribution in [-0.4, -0.2) is 75.3 Å². The van der Waals surface area contributed by atoms with E-state index in [1.54, 1.807) is 6.33 Å². The minimum absolute atomic E-state index is 0.0431. The van der Waals surface area contributed by atoms with Crippen LogP contribution in [0.15, 0.2) is 36.9 Å². The van der Waals surface area contributed by atoms with Crippen LogP contribution in [0, 0.1) is 11.3 Å². The van der Waals surface area contributed by atoms with Crippen LogP contribution in [0.5, 0.6) is 0 Å². The van der Waals surface area contributed by atoms with E-state index in [0.29, 0.717) is 17.4 Å². The second-order valence-corrected chi connectivity index (χ2v) is 13.5. The Balaban J connectivity index is 1.22. The minimum atomic E-state index is -0.465. The molecular formula is C33H47ClN6O4. The summed E-state index contributed by atoms with van der Waals surface area (Å²) in [6.07, 6.45) is 15.7. The van der Waals surface area contributed by atoms with Crippen LogP contribution in [0.1, 0.15) is 83.1 Å². The number of likely N-dealkylation sites (tertiary alicyclic amines) is 1. The number of carbonyl (C=O) groups is 3. The van der Waals surface area contributed by atoms with E-state index in [9.17, 15) is 14.4 Å². The fraction of sp³-hybridized carbons (Fsp3) is 0.667. The minimum Gasteiger partial charge on any atom is -0.456 e. The van der Waals surface area contributed by atoms with Crippen molar-refractivity contribution in [3.8, 4) is 0 Å². The predicted molar refractivity (Wildman–Crippen MR) is 168 cm³/mol. The normalized spacial score (nSPS) is 23.1. The lowest BCUT2D eigenvalue weighted by atomic mass is 9.63. The Morgan fingerprint density at radius 2 is 1.68 bits per heavy atom. The molecular weight excluding hydrogens is 580 g/mol. The summed E-state index contributed by atoms with van der Waals surface area (Å²) in [5.74, 6) is 0.0822. The summed E-state index contributed by atoms with van der Waals surface area (Å²) in [6, 6.07) is 7.65. The summed E-state index contributed by atoms with van der Waals surface area (Å²) in [5, 5.41) is 11.8. The number of hydrogen-bond acceptors (Lipinski definition) is 7. The van der Waals surface area contributed by atoms with Gasteiger partial charge in [-0.3, -0.25) is 19.1 Å². The fourth-order valence-corrected chi connectivity index (χ4v) is 7.77. The Labute approximate surface area is 265 Å². The van der Waals surface area contributed by atoms with E-state index >= 15 is 0 Å². The highest BCUT2D eigenvalue weighted by molar-refractivity contribution is 6.30. The van der Waals surface area contributed by atoms with Gasteiger partial charge in [0.2, 0.25) is 5.91 Å². The average molecular weight is 627 g/mol. The number of benzene rings is 1. The number of nitrogens with one attached hydrogen (secondary N) is 2. The van der Waals surface area contributed by atoms with Crippen molar-refractivity contribution < 1.29 is 19.1 Å². The van der Waals surface area contributed by atoms with Gasteiger partial charge in [0.1, 0.15) is 12.7 Å². The number of aromatic nitrogens is 3. The van der Waals surface area contributed by atoms with Crippen molar-refractivity contribution >= 4 is 29.4 Å². The number of ether oxygens (including phenoxy) is 1. The summed E-state index contributed by atoms with van der Waals surface area (Å²) in [6.45, 7) is 3.42. The first-order chi connectivity index (χ1) is 21.3. The van der Waals surface area contributed by atoms with Crippen molar-refractivity contribution in [2.24, 2.45) is 11.3 Å². The number of nitrogens with zero attached hydrogens (tertiary/aromatic N) is 4. The third-order valence-electron chi connectivity index (χ3n) is 10.1. The molecule has 0 unspecified atom stereocenters. The first-order valence-electron chi connectivity index (χ1n) is 16.3. The van der Waals surface area contributed by atoms with Crippen molar-refractivity contribution in [1.29, 1.82) is 0 Å². The van der Waals surface area contributed by atoms with E-state index in [4.69, 9.17) is 16.3 Å². The van der Waals surface area contributed by atoms with Gasteiger partial charge in [0.15, 0.2) is 6.61 Å². The van der Waals surface area contributed by atoms with Gasteiger partial charge in [-0.2, -0.15) is 5.10 Å². The molecule has 3 aliphatic rings. The maximum absolute atomic E-state index is 14.2. The average Bonchev–Trinajstić information content (AvgIpc) is 3.55. The molecule has 2 aromatic rings. The molecule has 5 rings (SSSR count). The standard InChI is InChI=1S/C33H47ClN6O4/c1-24(41)44-20-31(42)38-29-13-11-28(12-14-29)37-30(19-25-7-9-27(34)10-8-25)32(43)39-17-15-33(16-18-39,21-40-23-35-22-36-40)26-5-3-2-4-6-26/h7-10,22-23,26,28-30,37H,2-6,11-21H2,1H3,(H,38,42)/t28-,29+,30-/m1/s1. The Hall–Kier alpha value is -2.98. The Morgan fingerprint density at radius 3 is 2.32 bits per heavy atom. The van der Waals surface area contributed by atoms with Gasteiger partial charge in [0, 0.05) is 43.7 Å². The number of hydrogen-bond donors (Lipinski definition) is 2. The number of carbonyl (C=O) groups excluding carboxylic acids is 3. The molecule has 1 aromatic heterocycles. The molecule has 0 spiro atoms. The van der Waals surface area contributed by atoms with Crippen molar-refractivity contribution in [1.82, 2.24) is 30.3 Å². The summed E-state index contributed by atoms with van der Waals surface area (Å²) in [4.78, 5) is 43.6. The maximum atomic E-state index is 14.2. The van der Waals surface area contributed by atoms with Gasteiger partial charge in [-0.25, -0.2) is 4.98 Å². The smallest absolute Gasteiger partial charge is 0.303 e. The molecule has 2 amide bonds. The molecule has 0 radical (unpaired) electrons. The molecule has 1 saturated heterocycles. The molecule has 10 nitrogen and oxygen atoms in total. The molecule has 3 fully saturated rings. The highest BCUT2D eigenvalue weighted by atomic mass is 35.5. The molecule has 240 valence electrons. The summed E-state index contributed by atoms with van der Waals surface area (Å²) in [5.41, 5.74) is 1.22. The first-order valence-corrected chi connectivity index (χ1v) is 16.7. The molecule has 2 saturated carbocycles. The monoisotopic (exact) mass is 626 g/mol. The zero-order chi connectivity index (χ0) is 30.9. The van der Waals surface area contributed by atoms with E-state index in [-0.39, 0.29) is 42.0 Å². The van der Waals surface area contributed by atoms with E-state index in [1.165, 1.54) is 39.0 Å². The van der Waals surface area contributed by atoms with Crippen LogP contribution in [0.25, 0.3) is 0 Å². The fourth-order valence-electron chi connectivity index (χ4n) is 7.64. The Morgan fingerprint density at radius 1 is 1.00 bits per heavy atom. The van der Waals surface area contributed by atoms with Gasteiger partial charge < -0.3 is 20.3 Å². The lowest BCUT2D eigenvalue weighted by molar-refractivity contribution is -0.146. The summed E-state index contributed by atoms with van der Waals surface area (Å²) >= 11 is 6.16. The third kappa shape index (κ3) is 8.81. The lowest BCUT2D eigenvalue weighted by Gasteiger charge is -2.48. The second kappa shape index (κ2) is 15.3. The van der Waals surface area contributed by atoms with Gasteiger partial charge in [-0.1, -0.05) is 43.0 Å². The second-order valence-electron chi connectivity index (χ2n) is 13.1. The van der Waals surface area contributed by atoms with Crippen molar-refractivity contribution in [2.75, 3.05) is 19.7 Å². The Bertz CT molecular complexity index is 1220. The molecule has 2 aliphatic carbocycles. The third-order valence-corrected chi connectivity index (χ3v) is 10.3. The van der Waals surface area contributed by atoms with Crippen LogP contribution in [0.4, 0.5) is 0 Å². The molecule has 0 bridgehead atoms. The molecule has 2 N–H and O–H groups in total. The SMILES string of the molecule is CC(=O)OCC(=O)N[C@H]1CC[C@@H](N[C@H](Cc2ccc(Cl)cc2)C(=O)N2CCC(Cn3cncn3)(C3CCCCC3)CC2)CC1. The van der Waals surface area contributed by atoms with Gasteiger partial charge in [-0.05, 0) is 86.8 Å². The van der Waals surface area contributed by atoms with Crippen LogP contribution in [0.3, 0.4) is 0 Å². The quantitative estimate of drug-likeness (QED) is 0.357. The number of rotatable bonds is 11. The summed E-state index contributed by atoms with van der Waals surface area (Å²) in [7, 11) is 0. The summed E-state index contributed by atoms with van der Waals surface area (Å²) < 4.78 is 6.81. The van der Waals surface area contributed by atoms with E-state index < -0.39 is 5.97 Å². The van der Waals surface area contributed by atoms with Gasteiger partial charge in [-0.15, -0.1) is 0 Å². The zero-order valence-electron chi connectivity index (χ0n) is 25.9. The number of amides is 2. The van der Waals surface area contributed by atoms with E-state index in [0.717, 1.165) is 63.7 Å². The van der Waals surface area contributed by atoms with Gasteiger partial charge in [0.25, 0.3) is 5.91 Å². The van der Waals surface area contributed by atoms with Gasteiger partial charge >= 0.3 is 5.97 Å². The van der Waals surface area contributed by atoms with Gasteiger partial charge in [0.05, 0.1) is 6.04 Å². The lowest BCUT2D eigenvalue weighted by Crippen LogP contribution is -2.56. The highest BCUT2D eigenvalue weighted by Gasteiger charge is 2.44. The molecule has 1 aliphatic heterocycles. The Kier molecular flexibility index (Phi) is 11.3. The molecule has 44 heavy (non-hydrogen) atoms. The first kappa shape index (κ1) is 32.4. The van der Waals surface area contributed by atoms with Crippen molar-refractivity contribution in [2.45, 2.75) is 109 Å². The largest absolute Gasteiger partial charge is 0.456 e. The van der Waals surface area contributed by atoms with E-state index in [2.05, 4.69) is 25.6 Å². The zero-order valence-corrected chi connectivity index (χ0v) is 26.6. The van der Waals surface area contributed by atoms with Crippen LogP contribution >= 0.6 is 11.6 Å². The van der Waals surface area contributed by atoms with Crippen molar-refractivity contribution in [3.63, 3.8) is 0 Å². The van der Waals surface area contributed by atoms with Crippen LogP contribution < -0.4 is 10.6 Å². The molecule has 2 heterocycles. The number of halogens is 1. The van der Waals surface area contributed by atoms with E-state index in [1.807, 2.05) is 35.3 Å². The predicted octanol–water partition coefficient (Wildman–Crippen LogP) is 4.31. The van der Waals surface area contributed by atoms with Crippen LogP contribution in [-0.2, 0) is 32.1 Å². The highest BCUT2D eigenvalue weighted by Crippen LogP contribution is 2.47.